The molecule has 146 valence electrons. The number of aromatic nitrogens is 4. The first kappa shape index (κ1) is 19.0. The first-order valence-corrected chi connectivity index (χ1v) is 10.8. The first-order valence-electron chi connectivity index (χ1n) is 9.20. The minimum Gasteiger partial charge on any atom is -0.268 e. The van der Waals surface area contributed by atoms with Crippen LogP contribution in [-0.2, 0) is 0 Å². The molecule has 0 amide bonds. The number of para-hydroxylation sites is 1. The van der Waals surface area contributed by atoms with Gasteiger partial charge in [-0.15, -0.1) is 0 Å². The number of hydrogen-bond acceptors (Lipinski definition) is 3. The van der Waals surface area contributed by atoms with Crippen molar-refractivity contribution in [1.82, 2.24) is 19.3 Å². The molecule has 30 heavy (non-hydrogen) atoms. The van der Waals surface area contributed by atoms with Gasteiger partial charge in [0, 0.05) is 14.5 Å². The lowest BCUT2D eigenvalue weighted by Crippen LogP contribution is -2.22. The molecule has 0 radical (unpaired) electrons. The Morgan fingerprint density at radius 2 is 1.47 bits per heavy atom. The van der Waals surface area contributed by atoms with Gasteiger partial charge in [0.15, 0.2) is 11.5 Å². The molecule has 0 bridgehead atoms. The second-order valence-electron chi connectivity index (χ2n) is 6.66. The summed E-state index contributed by atoms with van der Waals surface area (Å²) in [7, 11) is 0. The molecular formula is C23H14Br2N4O. The maximum Gasteiger partial charge on any atom is 0.269 e. The van der Waals surface area contributed by atoms with Crippen LogP contribution in [-0.4, -0.2) is 19.3 Å². The van der Waals surface area contributed by atoms with E-state index in [1.54, 1.807) is 15.4 Å². The smallest absolute Gasteiger partial charge is 0.268 e. The second-order valence-corrected chi connectivity index (χ2v) is 8.43. The molecular weight excluding hydrogens is 508 g/mol. The number of fused-ring (bicyclic) bond motifs is 1. The van der Waals surface area contributed by atoms with Crippen molar-refractivity contribution in [3.63, 3.8) is 0 Å². The van der Waals surface area contributed by atoms with E-state index in [0.29, 0.717) is 16.9 Å². The van der Waals surface area contributed by atoms with Gasteiger partial charge >= 0.3 is 0 Å². The largest absolute Gasteiger partial charge is 0.269 e. The summed E-state index contributed by atoms with van der Waals surface area (Å²) < 4.78 is 5.12. The highest BCUT2D eigenvalue weighted by atomic mass is 79.9. The summed E-state index contributed by atoms with van der Waals surface area (Å²) in [6.07, 6.45) is 1.58. The number of benzene rings is 3. The molecule has 3 aromatic carbocycles. The molecule has 0 aliphatic heterocycles. The van der Waals surface area contributed by atoms with Crippen molar-refractivity contribution in [3.05, 3.63) is 104 Å². The summed E-state index contributed by atoms with van der Waals surface area (Å²) in [6.45, 7) is 0. The zero-order valence-electron chi connectivity index (χ0n) is 15.5. The van der Waals surface area contributed by atoms with Crippen LogP contribution in [0.15, 0.2) is 98.8 Å². The Balaban J connectivity index is 1.88. The van der Waals surface area contributed by atoms with Crippen LogP contribution >= 0.6 is 31.9 Å². The molecule has 0 N–H and O–H groups in total. The van der Waals surface area contributed by atoms with E-state index in [1.165, 1.54) is 0 Å². The highest BCUT2D eigenvalue weighted by Gasteiger charge is 2.19. The van der Waals surface area contributed by atoms with E-state index in [-0.39, 0.29) is 5.56 Å². The Labute approximate surface area is 188 Å². The molecule has 0 unspecified atom stereocenters. The van der Waals surface area contributed by atoms with E-state index in [0.717, 1.165) is 25.9 Å². The summed E-state index contributed by atoms with van der Waals surface area (Å²) in [5.74, 6) is 0.542. The molecule has 0 atom stereocenters. The Morgan fingerprint density at radius 3 is 2.20 bits per heavy atom. The maximum atomic E-state index is 13.6. The van der Waals surface area contributed by atoms with E-state index in [9.17, 15) is 4.79 Å². The van der Waals surface area contributed by atoms with Crippen LogP contribution in [0.25, 0.3) is 33.8 Å². The van der Waals surface area contributed by atoms with Crippen molar-refractivity contribution in [2.75, 3.05) is 0 Å². The third-order valence-corrected chi connectivity index (χ3v) is 6.02. The Kier molecular flexibility index (Phi) is 4.84. The Morgan fingerprint density at radius 1 is 0.767 bits per heavy atom. The summed E-state index contributed by atoms with van der Waals surface area (Å²) in [5.41, 5.74) is 2.75. The summed E-state index contributed by atoms with van der Waals surface area (Å²) in [6, 6.07) is 25.0. The molecule has 2 aromatic heterocycles. The normalized spacial score (nSPS) is 11.1. The fourth-order valence-corrected chi connectivity index (χ4v) is 4.10. The average molecular weight is 522 g/mol. The zero-order chi connectivity index (χ0) is 20.7. The lowest BCUT2D eigenvalue weighted by atomic mass is 10.2. The van der Waals surface area contributed by atoms with Crippen molar-refractivity contribution in [1.29, 1.82) is 0 Å². The zero-order valence-corrected chi connectivity index (χ0v) is 18.7. The average Bonchev–Trinajstić information content (AvgIpc) is 3.20. The Bertz CT molecular complexity index is 1420. The van der Waals surface area contributed by atoms with Crippen molar-refractivity contribution in [3.8, 4) is 22.8 Å². The van der Waals surface area contributed by atoms with Gasteiger partial charge in [-0.3, -0.25) is 9.36 Å². The van der Waals surface area contributed by atoms with Gasteiger partial charge in [0.2, 0.25) is 0 Å². The van der Waals surface area contributed by atoms with Gasteiger partial charge in [0.25, 0.3) is 5.56 Å². The van der Waals surface area contributed by atoms with Crippen molar-refractivity contribution in [2.24, 2.45) is 0 Å². The predicted molar refractivity (Wildman–Crippen MR) is 125 cm³/mol. The lowest BCUT2D eigenvalue weighted by molar-refractivity contribution is 0.888. The molecule has 0 aliphatic rings. The van der Waals surface area contributed by atoms with Gasteiger partial charge in [-0.2, -0.15) is 5.10 Å². The summed E-state index contributed by atoms with van der Waals surface area (Å²) in [5, 5.41) is 4.91. The predicted octanol–water partition coefficient (Wildman–Crippen LogP) is 5.76. The fraction of sp³-hybridized carbons (Fsp3) is 0. The Hall–Kier alpha value is -3.03. The molecule has 0 saturated carbocycles. The quantitative estimate of drug-likeness (QED) is 0.303. The number of halogens is 2. The minimum absolute atomic E-state index is 0.171. The van der Waals surface area contributed by atoms with Gasteiger partial charge in [0.1, 0.15) is 5.39 Å². The van der Waals surface area contributed by atoms with Gasteiger partial charge < -0.3 is 0 Å². The molecule has 5 nitrogen and oxygen atoms in total. The van der Waals surface area contributed by atoms with Crippen LogP contribution in [0, 0.1) is 0 Å². The fourth-order valence-electron chi connectivity index (χ4n) is 3.38. The SMILES string of the molecule is O=c1c2cnn(-c3ccccc3)c2nc(-c2ccccc2Br)n1-c1ccc(Br)cc1. The highest BCUT2D eigenvalue weighted by molar-refractivity contribution is 9.10. The highest BCUT2D eigenvalue weighted by Crippen LogP contribution is 2.29. The molecule has 0 aliphatic carbocycles. The molecule has 0 saturated heterocycles. The van der Waals surface area contributed by atoms with Crippen molar-refractivity contribution in [2.45, 2.75) is 0 Å². The van der Waals surface area contributed by atoms with Crippen LogP contribution in [0.3, 0.4) is 0 Å². The first-order chi connectivity index (χ1) is 14.6. The van der Waals surface area contributed by atoms with E-state index in [2.05, 4.69) is 37.0 Å². The van der Waals surface area contributed by atoms with Crippen LogP contribution in [0.5, 0.6) is 0 Å². The van der Waals surface area contributed by atoms with Crippen molar-refractivity contribution < 1.29 is 0 Å². The number of nitrogens with zero attached hydrogens (tertiary/aromatic N) is 4. The third kappa shape index (κ3) is 3.20. The maximum absolute atomic E-state index is 13.6. The monoisotopic (exact) mass is 520 g/mol. The van der Waals surface area contributed by atoms with E-state index in [4.69, 9.17) is 4.98 Å². The van der Waals surface area contributed by atoms with Crippen LogP contribution in [0.1, 0.15) is 0 Å². The lowest BCUT2D eigenvalue weighted by Gasteiger charge is -2.14. The van der Waals surface area contributed by atoms with Crippen molar-refractivity contribution >= 4 is 42.9 Å². The van der Waals surface area contributed by atoms with Crippen LogP contribution < -0.4 is 5.56 Å². The van der Waals surface area contributed by atoms with Gasteiger partial charge in [0.05, 0.1) is 17.6 Å². The molecule has 2 heterocycles. The van der Waals surface area contributed by atoms with Gasteiger partial charge in [-0.05, 0) is 42.5 Å². The van der Waals surface area contributed by atoms with E-state index >= 15 is 0 Å². The van der Waals surface area contributed by atoms with E-state index < -0.39 is 0 Å². The second kappa shape index (κ2) is 7.66. The van der Waals surface area contributed by atoms with E-state index in [1.807, 2.05) is 78.9 Å². The molecule has 5 aromatic rings. The van der Waals surface area contributed by atoms with Crippen LogP contribution in [0.4, 0.5) is 0 Å². The topological polar surface area (TPSA) is 52.7 Å². The number of rotatable bonds is 3. The molecule has 0 spiro atoms. The van der Waals surface area contributed by atoms with Gasteiger partial charge in [-0.1, -0.05) is 68.3 Å². The number of hydrogen-bond donors (Lipinski definition) is 0. The van der Waals surface area contributed by atoms with Gasteiger partial charge in [-0.25, -0.2) is 9.67 Å². The minimum atomic E-state index is -0.171. The molecule has 0 fully saturated rings. The standard InChI is InChI=1S/C23H14Br2N4O/c24-15-10-12-16(13-11-15)28-21(18-8-4-5-9-20(18)25)27-22-19(23(28)30)14-26-29(22)17-6-2-1-3-7-17/h1-14H. The summed E-state index contributed by atoms with van der Waals surface area (Å²) in [4.78, 5) is 18.5. The third-order valence-electron chi connectivity index (χ3n) is 4.80. The molecule has 5 rings (SSSR count). The summed E-state index contributed by atoms with van der Waals surface area (Å²) >= 11 is 7.07. The van der Waals surface area contributed by atoms with Crippen LogP contribution in [0.2, 0.25) is 0 Å². The molecule has 7 heteroatoms.